The third-order valence-electron chi connectivity index (χ3n) is 2.98. The van der Waals surface area contributed by atoms with Crippen LogP contribution < -0.4 is 0 Å². The van der Waals surface area contributed by atoms with Crippen molar-refractivity contribution in [2.24, 2.45) is 0 Å². The zero-order valence-electron chi connectivity index (χ0n) is 9.07. The van der Waals surface area contributed by atoms with Crippen molar-refractivity contribution in [1.29, 1.82) is 0 Å². The Hall–Kier alpha value is -1.97. The van der Waals surface area contributed by atoms with E-state index in [1.165, 1.54) is 6.07 Å². The van der Waals surface area contributed by atoms with Crippen LogP contribution in [0.4, 0.5) is 4.39 Å². The van der Waals surface area contributed by atoms with E-state index in [9.17, 15) is 9.18 Å². The van der Waals surface area contributed by atoms with E-state index in [1.54, 1.807) is 18.2 Å². The number of aromatic nitrogens is 1. The van der Waals surface area contributed by atoms with Crippen molar-refractivity contribution in [2.75, 3.05) is 0 Å². The summed E-state index contributed by atoms with van der Waals surface area (Å²) in [5.74, 6) is -0.140. The van der Waals surface area contributed by atoms with Crippen LogP contribution in [0.3, 0.4) is 0 Å². The quantitative estimate of drug-likeness (QED) is 0.757. The average molecular weight is 231 g/mol. The molecule has 0 saturated carbocycles. The fraction of sp³-hybridized carbons (Fsp3) is 0.231. The number of nitrogens with zero attached hydrogens (tertiary/aromatic N) is 1. The predicted octanol–water partition coefficient (Wildman–Crippen LogP) is 3.00. The topological polar surface area (TPSA) is 43.1 Å². The highest BCUT2D eigenvalue weighted by molar-refractivity contribution is 6.02. The number of ketones is 1. The number of aryl methyl sites for hydroxylation is 1. The van der Waals surface area contributed by atoms with Crippen molar-refractivity contribution in [3.05, 3.63) is 41.3 Å². The van der Waals surface area contributed by atoms with Crippen molar-refractivity contribution in [2.45, 2.75) is 19.3 Å². The minimum atomic E-state index is -0.398. The molecule has 0 atom stereocenters. The molecule has 1 aliphatic carbocycles. The van der Waals surface area contributed by atoms with Gasteiger partial charge in [-0.3, -0.25) is 4.79 Å². The molecule has 1 heterocycles. The van der Waals surface area contributed by atoms with E-state index in [0.717, 1.165) is 12.8 Å². The van der Waals surface area contributed by atoms with Gasteiger partial charge in [-0.2, -0.15) is 0 Å². The molecule has 0 unspecified atom stereocenters. The molecule has 1 aliphatic rings. The van der Waals surface area contributed by atoms with Crippen LogP contribution in [0.2, 0.25) is 0 Å². The molecule has 0 spiro atoms. The molecular weight excluding hydrogens is 221 g/mol. The zero-order chi connectivity index (χ0) is 11.8. The van der Waals surface area contributed by atoms with Gasteiger partial charge in [-0.15, -0.1) is 0 Å². The molecule has 1 aromatic carbocycles. The van der Waals surface area contributed by atoms with Gasteiger partial charge in [0.25, 0.3) is 0 Å². The van der Waals surface area contributed by atoms with Gasteiger partial charge in [-0.1, -0.05) is 17.3 Å². The Morgan fingerprint density at radius 1 is 1.24 bits per heavy atom. The standard InChI is InChI=1S/C13H10FNO2/c14-9-5-2-1-4-8(9)13-12-10(15-17-13)6-3-7-11(12)16/h1-2,4-5H,3,6-7H2. The van der Waals surface area contributed by atoms with Crippen LogP contribution >= 0.6 is 0 Å². The molecule has 0 radical (unpaired) electrons. The summed E-state index contributed by atoms with van der Waals surface area (Å²) < 4.78 is 18.8. The number of hydrogen-bond acceptors (Lipinski definition) is 3. The van der Waals surface area contributed by atoms with Crippen LogP contribution in [0.1, 0.15) is 28.9 Å². The molecule has 0 bridgehead atoms. The summed E-state index contributed by atoms with van der Waals surface area (Å²) in [6.45, 7) is 0. The summed E-state index contributed by atoms with van der Waals surface area (Å²) in [7, 11) is 0. The van der Waals surface area contributed by atoms with E-state index in [2.05, 4.69) is 5.16 Å². The Balaban J connectivity index is 2.20. The summed E-state index contributed by atoms with van der Waals surface area (Å²) in [5.41, 5.74) is 1.41. The maximum atomic E-state index is 13.7. The number of benzene rings is 1. The molecule has 3 rings (SSSR count). The lowest BCUT2D eigenvalue weighted by Crippen LogP contribution is -2.10. The molecule has 1 aromatic heterocycles. The van der Waals surface area contributed by atoms with Crippen molar-refractivity contribution < 1.29 is 13.7 Å². The van der Waals surface area contributed by atoms with Gasteiger partial charge >= 0.3 is 0 Å². The number of halogens is 1. The first-order valence-electron chi connectivity index (χ1n) is 5.54. The Morgan fingerprint density at radius 2 is 2.06 bits per heavy atom. The fourth-order valence-corrected chi connectivity index (χ4v) is 2.15. The van der Waals surface area contributed by atoms with Gasteiger partial charge in [0.2, 0.25) is 0 Å². The Bertz CT molecular complexity index is 589. The Kier molecular flexibility index (Phi) is 2.28. The average Bonchev–Trinajstić information content (AvgIpc) is 2.75. The van der Waals surface area contributed by atoms with Gasteiger partial charge < -0.3 is 4.52 Å². The largest absolute Gasteiger partial charge is 0.355 e. The molecule has 0 aliphatic heterocycles. The highest BCUT2D eigenvalue weighted by Gasteiger charge is 2.27. The Morgan fingerprint density at radius 3 is 2.88 bits per heavy atom. The maximum Gasteiger partial charge on any atom is 0.180 e. The normalized spacial score (nSPS) is 14.8. The van der Waals surface area contributed by atoms with E-state index < -0.39 is 5.82 Å². The second-order valence-corrected chi connectivity index (χ2v) is 4.09. The molecule has 17 heavy (non-hydrogen) atoms. The minimum Gasteiger partial charge on any atom is -0.355 e. The minimum absolute atomic E-state index is 0.00856. The van der Waals surface area contributed by atoms with Gasteiger partial charge in [0.05, 0.1) is 16.8 Å². The van der Waals surface area contributed by atoms with Crippen LogP contribution in [0.15, 0.2) is 28.8 Å². The number of hydrogen-bond donors (Lipinski definition) is 0. The van der Waals surface area contributed by atoms with Crippen LogP contribution in [-0.4, -0.2) is 10.9 Å². The summed E-state index contributed by atoms with van der Waals surface area (Å²) >= 11 is 0. The third-order valence-corrected chi connectivity index (χ3v) is 2.98. The van der Waals surface area contributed by atoms with E-state index in [0.29, 0.717) is 23.2 Å². The Labute approximate surface area is 97.2 Å². The highest BCUT2D eigenvalue weighted by Crippen LogP contribution is 2.32. The van der Waals surface area contributed by atoms with Gasteiger partial charge in [-0.05, 0) is 25.0 Å². The van der Waals surface area contributed by atoms with E-state index in [1.807, 2.05) is 0 Å². The summed E-state index contributed by atoms with van der Waals surface area (Å²) in [6, 6.07) is 6.25. The van der Waals surface area contributed by atoms with Gasteiger partial charge in [-0.25, -0.2) is 4.39 Å². The van der Waals surface area contributed by atoms with Crippen LogP contribution in [0.25, 0.3) is 11.3 Å². The monoisotopic (exact) mass is 231 g/mol. The molecule has 0 N–H and O–H groups in total. The molecule has 0 amide bonds. The van der Waals surface area contributed by atoms with Gasteiger partial charge in [0.1, 0.15) is 5.82 Å². The second kappa shape index (κ2) is 3.80. The van der Waals surface area contributed by atoms with Crippen molar-refractivity contribution in [3.8, 4) is 11.3 Å². The lowest BCUT2D eigenvalue weighted by atomic mass is 9.93. The lowest BCUT2D eigenvalue weighted by Gasteiger charge is -2.08. The second-order valence-electron chi connectivity index (χ2n) is 4.09. The first-order chi connectivity index (χ1) is 8.27. The van der Waals surface area contributed by atoms with Gasteiger partial charge in [0.15, 0.2) is 11.5 Å². The highest BCUT2D eigenvalue weighted by atomic mass is 19.1. The van der Waals surface area contributed by atoms with E-state index in [4.69, 9.17) is 4.52 Å². The fourth-order valence-electron chi connectivity index (χ4n) is 2.15. The number of carbonyl (C=O) groups excluding carboxylic acids is 1. The van der Waals surface area contributed by atoms with Gasteiger partial charge in [0, 0.05) is 6.42 Å². The molecule has 86 valence electrons. The molecule has 2 aromatic rings. The number of rotatable bonds is 1. The molecular formula is C13H10FNO2. The van der Waals surface area contributed by atoms with E-state index in [-0.39, 0.29) is 11.5 Å². The molecule has 4 heteroatoms. The lowest BCUT2D eigenvalue weighted by molar-refractivity contribution is 0.0973. The van der Waals surface area contributed by atoms with Crippen LogP contribution in [0, 0.1) is 5.82 Å². The first-order valence-corrected chi connectivity index (χ1v) is 5.54. The smallest absolute Gasteiger partial charge is 0.180 e. The number of fused-ring (bicyclic) bond motifs is 1. The first kappa shape index (κ1) is 10.2. The SMILES string of the molecule is O=C1CCCc2noc(-c3ccccc3F)c21. The molecule has 0 saturated heterocycles. The number of Topliss-reactive ketones (excluding diaryl/α,β-unsaturated/α-hetero) is 1. The summed E-state index contributed by atoms with van der Waals surface area (Å²) in [4.78, 5) is 11.8. The zero-order valence-corrected chi connectivity index (χ0v) is 9.07. The van der Waals surface area contributed by atoms with Crippen molar-refractivity contribution in [3.63, 3.8) is 0 Å². The molecule has 0 fully saturated rings. The predicted molar refractivity (Wildman–Crippen MR) is 59.2 cm³/mol. The third kappa shape index (κ3) is 1.56. The van der Waals surface area contributed by atoms with E-state index >= 15 is 0 Å². The van der Waals surface area contributed by atoms with Crippen LogP contribution in [-0.2, 0) is 6.42 Å². The van der Waals surface area contributed by atoms with Crippen molar-refractivity contribution in [1.82, 2.24) is 5.16 Å². The molecule has 3 nitrogen and oxygen atoms in total. The van der Waals surface area contributed by atoms with Crippen LogP contribution in [0.5, 0.6) is 0 Å². The van der Waals surface area contributed by atoms with Crippen molar-refractivity contribution >= 4 is 5.78 Å². The number of carbonyl (C=O) groups is 1. The summed E-state index contributed by atoms with van der Waals surface area (Å²) in [5, 5.41) is 3.86. The summed E-state index contributed by atoms with van der Waals surface area (Å²) in [6.07, 6.45) is 1.99. The maximum absolute atomic E-state index is 13.7.